The summed E-state index contributed by atoms with van der Waals surface area (Å²) in [4.78, 5) is 0. The molecule has 1 aromatic rings. The molecule has 1 aliphatic rings. The molecule has 0 aliphatic carbocycles. The van der Waals surface area contributed by atoms with Crippen molar-refractivity contribution in [2.45, 2.75) is 19.6 Å². The van der Waals surface area contributed by atoms with Crippen molar-refractivity contribution < 1.29 is 14.6 Å². The fourth-order valence-electron chi connectivity index (χ4n) is 1.73. The van der Waals surface area contributed by atoms with Gasteiger partial charge in [0, 0.05) is 19.6 Å². The third kappa shape index (κ3) is 2.88. The monoisotopic (exact) mass is 238 g/mol. The van der Waals surface area contributed by atoms with Crippen LogP contribution in [0.2, 0.25) is 0 Å². The van der Waals surface area contributed by atoms with Crippen LogP contribution in [0.15, 0.2) is 12.1 Å². The van der Waals surface area contributed by atoms with E-state index in [1.165, 1.54) is 0 Å². The van der Waals surface area contributed by atoms with Gasteiger partial charge in [-0.3, -0.25) is 0 Å². The normalized spacial score (nSPS) is 15.0. The van der Waals surface area contributed by atoms with Gasteiger partial charge in [0.15, 0.2) is 11.5 Å². The molecule has 0 bridgehead atoms. The van der Waals surface area contributed by atoms with Crippen LogP contribution in [-0.4, -0.2) is 31.1 Å². The van der Waals surface area contributed by atoms with Crippen molar-refractivity contribution in [3.8, 4) is 11.5 Å². The predicted octanol–water partition coefficient (Wildman–Crippen LogP) is 0.133. The maximum atomic E-state index is 9.33. The maximum absolute atomic E-state index is 9.33. The van der Waals surface area contributed by atoms with Gasteiger partial charge >= 0.3 is 0 Å². The SMILES string of the molecule is Cc1cc2c(cc1CNCC(O)CN)OCO2. The Morgan fingerprint density at radius 3 is 2.82 bits per heavy atom. The van der Waals surface area contributed by atoms with Crippen LogP contribution in [0.5, 0.6) is 11.5 Å². The van der Waals surface area contributed by atoms with Crippen molar-refractivity contribution in [3.63, 3.8) is 0 Å². The molecule has 2 rings (SSSR count). The van der Waals surface area contributed by atoms with Crippen molar-refractivity contribution >= 4 is 0 Å². The Labute approximate surface area is 101 Å². The number of benzene rings is 1. The molecular formula is C12H18N2O3. The highest BCUT2D eigenvalue weighted by Gasteiger charge is 2.15. The molecule has 0 spiro atoms. The highest BCUT2D eigenvalue weighted by Crippen LogP contribution is 2.34. The molecule has 1 aromatic carbocycles. The molecule has 0 aromatic heterocycles. The third-order valence-electron chi connectivity index (χ3n) is 2.80. The summed E-state index contributed by atoms with van der Waals surface area (Å²) in [6.07, 6.45) is -0.496. The zero-order chi connectivity index (χ0) is 12.3. The summed E-state index contributed by atoms with van der Waals surface area (Å²) < 4.78 is 10.6. The number of ether oxygens (including phenoxy) is 2. The molecule has 0 saturated heterocycles. The summed E-state index contributed by atoms with van der Waals surface area (Å²) in [5, 5.41) is 12.5. The lowest BCUT2D eigenvalue weighted by molar-refractivity contribution is 0.174. The second-order valence-corrected chi connectivity index (χ2v) is 4.15. The first-order valence-electron chi connectivity index (χ1n) is 5.68. The van der Waals surface area contributed by atoms with Gasteiger partial charge in [0.2, 0.25) is 6.79 Å². The minimum Gasteiger partial charge on any atom is -0.454 e. The van der Waals surface area contributed by atoms with Crippen molar-refractivity contribution in [1.82, 2.24) is 5.32 Å². The van der Waals surface area contributed by atoms with E-state index in [-0.39, 0.29) is 13.3 Å². The van der Waals surface area contributed by atoms with E-state index in [4.69, 9.17) is 15.2 Å². The number of aliphatic hydroxyl groups excluding tert-OH is 1. The van der Waals surface area contributed by atoms with Crippen molar-refractivity contribution in [1.29, 1.82) is 0 Å². The van der Waals surface area contributed by atoms with E-state index in [9.17, 15) is 5.11 Å². The Morgan fingerprint density at radius 1 is 1.41 bits per heavy atom. The molecule has 17 heavy (non-hydrogen) atoms. The van der Waals surface area contributed by atoms with Gasteiger partial charge in [0.05, 0.1) is 6.10 Å². The van der Waals surface area contributed by atoms with Gasteiger partial charge in [-0.15, -0.1) is 0 Å². The van der Waals surface area contributed by atoms with Gasteiger partial charge in [0.1, 0.15) is 0 Å². The van der Waals surface area contributed by atoms with Crippen LogP contribution < -0.4 is 20.5 Å². The standard InChI is InChI=1S/C12H18N2O3/c1-8-2-11-12(17-7-16-11)3-9(8)5-14-6-10(15)4-13/h2-3,10,14-15H,4-7,13H2,1H3. The summed E-state index contributed by atoms with van der Waals surface area (Å²) >= 11 is 0. The van der Waals surface area contributed by atoms with Gasteiger partial charge < -0.3 is 25.6 Å². The quantitative estimate of drug-likeness (QED) is 0.680. The second-order valence-electron chi connectivity index (χ2n) is 4.15. The molecule has 0 amide bonds. The van der Waals surface area contributed by atoms with Crippen molar-refractivity contribution in [2.75, 3.05) is 19.9 Å². The Balaban J connectivity index is 1.97. The maximum Gasteiger partial charge on any atom is 0.231 e. The van der Waals surface area contributed by atoms with Crippen molar-refractivity contribution in [2.24, 2.45) is 5.73 Å². The van der Waals surface area contributed by atoms with E-state index in [2.05, 4.69) is 5.32 Å². The van der Waals surface area contributed by atoms with Crippen LogP contribution in [0.3, 0.4) is 0 Å². The zero-order valence-corrected chi connectivity index (χ0v) is 9.90. The molecule has 0 radical (unpaired) electrons. The van der Waals surface area contributed by atoms with E-state index >= 15 is 0 Å². The highest BCUT2D eigenvalue weighted by molar-refractivity contribution is 5.48. The third-order valence-corrected chi connectivity index (χ3v) is 2.80. The lowest BCUT2D eigenvalue weighted by Gasteiger charge is -2.11. The van der Waals surface area contributed by atoms with Gasteiger partial charge in [-0.2, -0.15) is 0 Å². The fraction of sp³-hybridized carbons (Fsp3) is 0.500. The predicted molar refractivity (Wildman–Crippen MR) is 64.1 cm³/mol. The van der Waals surface area contributed by atoms with E-state index in [1.54, 1.807) is 0 Å². The Morgan fingerprint density at radius 2 is 2.12 bits per heavy atom. The molecule has 1 unspecified atom stereocenters. The molecule has 0 saturated carbocycles. The largest absolute Gasteiger partial charge is 0.454 e. The van der Waals surface area contributed by atoms with Gasteiger partial charge in [-0.25, -0.2) is 0 Å². The summed E-state index contributed by atoms with van der Waals surface area (Å²) in [5.41, 5.74) is 7.61. The first-order valence-corrected chi connectivity index (χ1v) is 5.68. The van der Waals surface area contributed by atoms with E-state index in [0.29, 0.717) is 13.1 Å². The Bertz CT molecular complexity index is 396. The lowest BCUT2D eigenvalue weighted by atomic mass is 10.1. The number of aryl methyl sites for hydroxylation is 1. The molecule has 5 heteroatoms. The molecule has 94 valence electrons. The van der Waals surface area contributed by atoms with Crippen molar-refractivity contribution in [3.05, 3.63) is 23.3 Å². The molecule has 4 N–H and O–H groups in total. The second kappa shape index (κ2) is 5.35. The zero-order valence-electron chi connectivity index (χ0n) is 9.90. The van der Waals surface area contributed by atoms with E-state index in [1.807, 2.05) is 19.1 Å². The number of aliphatic hydroxyl groups is 1. The van der Waals surface area contributed by atoms with Crippen LogP contribution in [0.1, 0.15) is 11.1 Å². The lowest BCUT2D eigenvalue weighted by Crippen LogP contribution is -2.32. The number of hydrogen-bond acceptors (Lipinski definition) is 5. The fourth-order valence-corrected chi connectivity index (χ4v) is 1.73. The van der Waals surface area contributed by atoms with Gasteiger partial charge in [-0.05, 0) is 30.2 Å². The number of rotatable bonds is 5. The van der Waals surface area contributed by atoms with Crippen LogP contribution in [0.25, 0.3) is 0 Å². The highest BCUT2D eigenvalue weighted by atomic mass is 16.7. The first-order chi connectivity index (χ1) is 8.20. The average molecular weight is 238 g/mol. The van der Waals surface area contributed by atoms with E-state index < -0.39 is 6.10 Å². The van der Waals surface area contributed by atoms with Gasteiger partial charge in [-0.1, -0.05) is 0 Å². The van der Waals surface area contributed by atoms with Crippen LogP contribution >= 0.6 is 0 Å². The van der Waals surface area contributed by atoms with Crippen LogP contribution in [0.4, 0.5) is 0 Å². The average Bonchev–Trinajstić information content (AvgIpc) is 2.76. The molecule has 1 atom stereocenters. The molecule has 0 fully saturated rings. The van der Waals surface area contributed by atoms with Crippen LogP contribution in [-0.2, 0) is 6.54 Å². The number of hydrogen-bond donors (Lipinski definition) is 3. The number of fused-ring (bicyclic) bond motifs is 1. The number of nitrogens with one attached hydrogen (secondary N) is 1. The summed E-state index contributed by atoms with van der Waals surface area (Å²) in [6, 6.07) is 3.94. The number of nitrogens with two attached hydrogens (primary N) is 1. The Hall–Kier alpha value is -1.30. The molecule has 1 heterocycles. The summed E-state index contributed by atoms with van der Waals surface area (Å²) in [7, 11) is 0. The minimum atomic E-state index is -0.496. The summed E-state index contributed by atoms with van der Waals surface area (Å²) in [5.74, 6) is 1.58. The molecule has 5 nitrogen and oxygen atoms in total. The summed E-state index contributed by atoms with van der Waals surface area (Å²) in [6.45, 7) is 3.76. The van der Waals surface area contributed by atoms with Crippen LogP contribution in [0, 0.1) is 6.92 Å². The van der Waals surface area contributed by atoms with Gasteiger partial charge in [0.25, 0.3) is 0 Å². The first kappa shape index (κ1) is 12.2. The smallest absolute Gasteiger partial charge is 0.231 e. The Kier molecular flexibility index (Phi) is 3.83. The topological polar surface area (TPSA) is 76.7 Å². The molecule has 1 aliphatic heterocycles. The minimum absolute atomic E-state index is 0.271. The van der Waals surface area contributed by atoms with E-state index in [0.717, 1.165) is 22.6 Å². The molecular weight excluding hydrogens is 220 g/mol.